The number of rotatable bonds is 6. The Kier molecular flexibility index (Phi) is 6.41. The van der Waals surface area contributed by atoms with Crippen molar-refractivity contribution in [2.45, 2.75) is 115 Å². The van der Waals surface area contributed by atoms with Crippen LogP contribution >= 0.6 is 0 Å². The molecular formula is C23H44O3Si2. The van der Waals surface area contributed by atoms with Crippen molar-refractivity contribution < 1.29 is 13.6 Å². The van der Waals surface area contributed by atoms with Crippen molar-refractivity contribution in [1.82, 2.24) is 0 Å². The topological polar surface area (TPSA) is 35.5 Å². The molecule has 28 heavy (non-hydrogen) atoms. The smallest absolute Gasteiger partial charge is 0.193 e. The van der Waals surface area contributed by atoms with E-state index in [2.05, 4.69) is 74.3 Å². The molecule has 0 bridgehead atoms. The van der Waals surface area contributed by atoms with E-state index in [1.165, 1.54) is 0 Å². The first-order chi connectivity index (χ1) is 12.5. The van der Waals surface area contributed by atoms with Gasteiger partial charge in [0.25, 0.3) is 0 Å². The standard InChI is InChI=1S/C23H44O3Si2/c1-12-13-17-16-19(24)18-14-15-20(25-27(8,9)21(2,3)4)23(17,18)26-28(10,11)22(5,6)7/h12,17-18,20H,1,13-16H2,2-11H3/t17-,18-,20-,23-/m0/s1. The highest BCUT2D eigenvalue weighted by Gasteiger charge is 2.66. The van der Waals surface area contributed by atoms with Crippen molar-refractivity contribution in [2.75, 3.05) is 0 Å². The van der Waals surface area contributed by atoms with Gasteiger partial charge in [-0.3, -0.25) is 4.79 Å². The van der Waals surface area contributed by atoms with Crippen molar-refractivity contribution in [3.05, 3.63) is 12.7 Å². The normalized spacial score (nSPS) is 31.9. The van der Waals surface area contributed by atoms with E-state index in [4.69, 9.17) is 8.85 Å². The second-order valence-electron chi connectivity index (χ2n) is 12.1. The van der Waals surface area contributed by atoms with Crippen LogP contribution in [-0.4, -0.2) is 34.1 Å². The first-order valence-electron chi connectivity index (χ1n) is 11.0. The lowest BCUT2D eigenvalue weighted by Gasteiger charge is -2.51. The molecule has 2 aliphatic carbocycles. The van der Waals surface area contributed by atoms with Crippen molar-refractivity contribution in [3.63, 3.8) is 0 Å². The van der Waals surface area contributed by atoms with Gasteiger partial charge in [0.2, 0.25) is 0 Å². The van der Waals surface area contributed by atoms with Gasteiger partial charge in [0, 0.05) is 18.3 Å². The van der Waals surface area contributed by atoms with Crippen LogP contribution in [0.3, 0.4) is 0 Å². The molecule has 0 amide bonds. The summed E-state index contributed by atoms with van der Waals surface area (Å²) in [6.45, 7) is 27.0. The van der Waals surface area contributed by atoms with Gasteiger partial charge in [-0.05, 0) is 55.5 Å². The zero-order chi connectivity index (χ0) is 21.8. The van der Waals surface area contributed by atoms with Crippen LogP contribution in [0.5, 0.6) is 0 Å². The summed E-state index contributed by atoms with van der Waals surface area (Å²) < 4.78 is 14.3. The van der Waals surface area contributed by atoms with Gasteiger partial charge in [0.1, 0.15) is 5.78 Å². The molecule has 0 heterocycles. The monoisotopic (exact) mass is 424 g/mol. The highest BCUT2D eigenvalue weighted by atomic mass is 28.4. The molecule has 3 nitrogen and oxygen atoms in total. The van der Waals surface area contributed by atoms with E-state index in [9.17, 15) is 4.79 Å². The number of carbonyl (C=O) groups is 1. The summed E-state index contributed by atoms with van der Waals surface area (Å²) >= 11 is 0. The van der Waals surface area contributed by atoms with E-state index in [0.29, 0.717) is 12.2 Å². The van der Waals surface area contributed by atoms with Crippen molar-refractivity contribution in [1.29, 1.82) is 0 Å². The van der Waals surface area contributed by atoms with Gasteiger partial charge in [-0.1, -0.05) is 47.6 Å². The first-order valence-corrected chi connectivity index (χ1v) is 16.8. The van der Waals surface area contributed by atoms with E-state index < -0.39 is 22.2 Å². The fourth-order valence-corrected chi connectivity index (χ4v) is 7.46. The van der Waals surface area contributed by atoms with Crippen LogP contribution in [0, 0.1) is 11.8 Å². The van der Waals surface area contributed by atoms with Crippen LogP contribution in [0.4, 0.5) is 0 Å². The molecule has 4 atom stereocenters. The Hall–Kier alpha value is -0.236. The van der Waals surface area contributed by atoms with Gasteiger partial charge >= 0.3 is 0 Å². The minimum Gasteiger partial charge on any atom is -0.411 e. The molecule has 0 N–H and O–H groups in total. The van der Waals surface area contributed by atoms with Crippen molar-refractivity contribution in [2.24, 2.45) is 11.8 Å². The summed E-state index contributed by atoms with van der Waals surface area (Å²) in [5.41, 5.74) is -0.468. The summed E-state index contributed by atoms with van der Waals surface area (Å²) in [6.07, 6.45) is 5.27. The number of hydrogen-bond acceptors (Lipinski definition) is 3. The predicted octanol–water partition coefficient (Wildman–Crippen LogP) is 6.71. The Morgan fingerprint density at radius 1 is 1.04 bits per heavy atom. The maximum atomic E-state index is 13.0. The quantitative estimate of drug-likeness (QED) is 0.351. The van der Waals surface area contributed by atoms with Crippen LogP contribution in [0.2, 0.25) is 36.3 Å². The number of carbonyl (C=O) groups excluding carboxylic acids is 1. The zero-order valence-corrected chi connectivity index (χ0v) is 22.1. The fraction of sp³-hybridized carbons (Fsp3) is 0.870. The van der Waals surface area contributed by atoms with Gasteiger partial charge in [-0.15, -0.1) is 6.58 Å². The second kappa shape index (κ2) is 7.47. The molecule has 2 fully saturated rings. The lowest BCUT2D eigenvalue weighted by atomic mass is 9.83. The molecule has 0 radical (unpaired) electrons. The first kappa shape index (κ1) is 24.0. The third kappa shape index (κ3) is 4.01. The zero-order valence-electron chi connectivity index (χ0n) is 20.1. The molecule has 162 valence electrons. The number of ketones is 1. The fourth-order valence-electron chi connectivity index (χ4n) is 4.47. The molecule has 0 aromatic rings. The Morgan fingerprint density at radius 2 is 1.57 bits per heavy atom. The molecule has 2 rings (SSSR count). The molecule has 0 spiro atoms. The van der Waals surface area contributed by atoms with Gasteiger partial charge in [0.15, 0.2) is 16.6 Å². The third-order valence-electron chi connectivity index (χ3n) is 8.17. The number of allylic oxidation sites excluding steroid dienone is 1. The summed E-state index contributed by atoms with van der Waals surface area (Å²) in [6, 6.07) is 0. The van der Waals surface area contributed by atoms with Gasteiger partial charge in [0.05, 0.1) is 11.7 Å². The van der Waals surface area contributed by atoms with Crippen LogP contribution in [0.15, 0.2) is 12.7 Å². The highest BCUT2D eigenvalue weighted by Crippen LogP contribution is 2.58. The Bertz CT molecular complexity index is 612. The number of hydrogen-bond donors (Lipinski definition) is 0. The Morgan fingerprint density at radius 3 is 2.04 bits per heavy atom. The van der Waals surface area contributed by atoms with Crippen molar-refractivity contribution in [3.8, 4) is 0 Å². The number of Topliss-reactive ketones (excluding diaryl/α,β-unsaturated/α-hetero) is 1. The number of fused-ring (bicyclic) bond motifs is 1. The molecule has 0 aromatic carbocycles. The summed E-state index contributed by atoms with van der Waals surface area (Å²) in [5, 5.41) is 0.237. The van der Waals surface area contributed by atoms with E-state index in [1.807, 2.05) is 6.08 Å². The predicted molar refractivity (Wildman–Crippen MR) is 124 cm³/mol. The maximum Gasteiger partial charge on any atom is 0.193 e. The van der Waals surface area contributed by atoms with E-state index in [-0.39, 0.29) is 28.0 Å². The average molecular weight is 425 g/mol. The van der Waals surface area contributed by atoms with Gasteiger partial charge in [-0.25, -0.2) is 0 Å². The lowest BCUT2D eigenvalue weighted by Crippen LogP contribution is -2.60. The summed E-state index contributed by atoms with van der Waals surface area (Å²) in [4.78, 5) is 13.0. The van der Waals surface area contributed by atoms with Crippen LogP contribution in [-0.2, 0) is 13.6 Å². The second-order valence-corrected chi connectivity index (χ2v) is 21.6. The minimum absolute atomic E-state index is 0.0126. The SMILES string of the molecule is C=CC[C@H]1CC(=O)[C@@H]2CC[C@H](O[Si](C)(C)C(C)(C)C)[C@]12O[Si](C)(C)C(C)(C)C. The molecular weight excluding hydrogens is 380 g/mol. The molecule has 0 aliphatic heterocycles. The summed E-state index contributed by atoms with van der Waals surface area (Å²) in [7, 11) is -4.05. The average Bonchev–Trinajstić information content (AvgIpc) is 2.94. The van der Waals surface area contributed by atoms with E-state index in [1.54, 1.807) is 0 Å². The molecule has 0 aromatic heterocycles. The Balaban J connectivity index is 2.53. The minimum atomic E-state index is -2.08. The van der Waals surface area contributed by atoms with Gasteiger partial charge in [-0.2, -0.15) is 0 Å². The molecule has 5 heteroatoms. The third-order valence-corrected chi connectivity index (χ3v) is 17.1. The highest BCUT2D eigenvalue weighted by molar-refractivity contribution is 6.74. The largest absolute Gasteiger partial charge is 0.411 e. The van der Waals surface area contributed by atoms with Crippen LogP contribution in [0.25, 0.3) is 0 Å². The van der Waals surface area contributed by atoms with E-state index >= 15 is 0 Å². The van der Waals surface area contributed by atoms with Crippen LogP contribution < -0.4 is 0 Å². The van der Waals surface area contributed by atoms with E-state index in [0.717, 1.165) is 19.3 Å². The van der Waals surface area contributed by atoms with Gasteiger partial charge < -0.3 is 8.85 Å². The molecule has 2 saturated carbocycles. The Labute approximate surface area is 175 Å². The van der Waals surface area contributed by atoms with Crippen molar-refractivity contribution >= 4 is 22.4 Å². The molecule has 2 aliphatic rings. The maximum absolute atomic E-state index is 13.0. The lowest BCUT2D eigenvalue weighted by molar-refractivity contribution is -0.125. The molecule has 0 unspecified atom stereocenters. The summed E-state index contributed by atoms with van der Waals surface area (Å²) in [5.74, 6) is 0.558. The van der Waals surface area contributed by atoms with Crippen LogP contribution in [0.1, 0.15) is 67.2 Å². The molecule has 0 saturated heterocycles.